The topological polar surface area (TPSA) is 72.7 Å². The number of halogens is 1. The molecule has 0 radical (unpaired) electrons. The molecule has 1 fully saturated rings. The third-order valence-electron chi connectivity index (χ3n) is 4.09. The SMILES string of the molecule is Cc1ccnc(NC(=O)c2nnn(-c3cccc(F)c3)c2C2CC2)c1. The number of hydrogen-bond acceptors (Lipinski definition) is 4. The van der Waals surface area contributed by atoms with Crippen LogP contribution in [0, 0.1) is 12.7 Å². The number of anilines is 1. The Labute approximate surface area is 143 Å². The molecule has 2 aromatic heterocycles. The van der Waals surface area contributed by atoms with Crippen molar-refractivity contribution < 1.29 is 9.18 Å². The predicted octanol–water partition coefficient (Wildman–Crippen LogP) is 3.24. The molecule has 2 heterocycles. The van der Waals surface area contributed by atoms with Gasteiger partial charge in [-0.2, -0.15) is 0 Å². The molecule has 1 saturated carbocycles. The number of aryl methyl sites for hydroxylation is 1. The summed E-state index contributed by atoms with van der Waals surface area (Å²) in [6, 6.07) is 9.74. The number of rotatable bonds is 4. The Morgan fingerprint density at radius 2 is 2.12 bits per heavy atom. The highest BCUT2D eigenvalue weighted by molar-refractivity contribution is 6.03. The summed E-state index contributed by atoms with van der Waals surface area (Å²) in [4.78, 5) is 16.8. The fourth-order valence-electron chi connectivity index (χ4n) is 2.75. The van der Waals surface area contributed by atoms with Gasteiger partial charge in [0.1, 0.15) is 11.6 Å². The minimum atomic E-state index is -0.359. The summed E-state index contributed by atoms with van der Waals surface area (Å²) in [6.45, 7) is 1.92. The van der Waals surface area contributed by atoms with E-state index in [2.05, 4.69) is 20.6 Å². The van der Waals surface area contributed by atoms with Crippen molar-refractivity contribution in [3.05, 3.63) is 65.4 Å². The van der Waals surface area contributed by atoms with E-state index in [0.717, 1.165) is 24.1 Å². The average molecular weight is 337 g/mol. The summed E-state index contributed by atoms with van der Waals surface area (Å²) >= 11 is 0. The van der Waals surface area contributed by atoms with Gasteiger partial charge in [-0.15, -0.1) is 5.10 Å². The minimum absolute atomic E-state index is 0.212. The number of nitrogens with one attached hydrogen (secondary N) is 1. The maximum atomic E-state index is 13.5. The lowest BCUT2D eigenvalue weighted by atomic mass is 10.2. The van der Waals surface area contributed by atoms with E-state index in [4.69, 9.17) is 0 Å². The number of pyridine rings is 1. The second kappa shape index (κ2) is 6.08. The molecule has 126 valence electrons. The normalized spacial score (nSPS) is 13.7. The predicted molar refractivity (Wildman–Crippen MR) is 90.2 cm³/mol. The minimum Gasteiger partial charge on any atom is -0.305 e. The van der Waals surface area contributed by atoms with Gasteiger partial charge in [0, 0.05) is 12.1 Å². The molecule has 3 aromatic rings. The van der Waals surface area contributed by atoms with Crippen molar-refractivity contribution in [3.8, 4) is 5.69 Å². The maximum absolute atomic E-state index is 13.5. The highest BCUT2D eigenvalue weighted by Gasteiger charge is 2.34. The van der Waals surface area contributed by atoms with Crippen LogP contribution in [0.4, 0.5) is 10.2 Å². The van der Waals surface area contributed by atoms with Gasteiger partial charge in [-0.3, -0.25) is 4.79 Å². The Balaban J connectivity index is 1.69. The first-order valence-electron chi connectivity index (χ1n) is 8.07. The molecule has 0 atom stereocenters. The van der Waals surface area contributed by atoms with Crippen LogP contribution in [0.15, 0.2) is 42.6 Å². The molecule has 6 nitrogen and oxygen atoms in total. The molecule has 1 aliphatic carbocycles. The zero-order valence-electron chi connectivity index (χ0n) is 13.6. The van der Waals surface area contributed by atoms with Crippen molar-refractivity contribution in [3.63, 3.8) is 0 Å². The summed E-state index contributed by atoms with van der Waals surface area (Å²) in [5.41, 5.74) is 2.53. The molecule has 1 aliphatic rings. The summed E-state index contributed by atoms with van der Waals surface area (Å²) in [5, 5.41) is 10.9. The Bertz CT molecular complexity index is 948. The number of amides is 1. The first-order chi connectivity index (χ1) is 12.1. The second-order valence-corrected chi connectivity index (χ2v) is 6.16. The van der Waals surface area contributed by atoms with Gasteiger partial charge in [0.05, 0.1) is 11.4 Å². The molecule has 7 heteroatoms. The van der Waals surface area contributed by atoms with Gasteiger partial charge in [-0.05, 0) is 55.7 Å². The zero-order valence-corrected chi connectivity index (χ0v) is 13.6. The number of nitrogens with zero attached hydrogens (tertiary/aromatic N) is 4. The van der Waals surface area contributed by atoms with Gasteiger partial charge < -0.3 is 5.32 Å². The third-order valence-corrected chi connectivity index (χ3v) is 4.09. The van der Waals surface area contributed by atoms with Crippen LogP contribution in [0.3, 0.4) is 0 Å². The number of benzene rings is 1. The molecule has 1 aromatic carbocycles. The summed E-state index contributed by atoms with van der Waals surface area (Å²) in [6.07, 6.45) is 3.56. The lowest BCUT2D eigenvalue weighted by molar-refractivity contribution is 0.102. The quantitative estimate of drug-likeness (QED) is 0.793. The van der Waals surface area contributed by atoms with Crippen LogP contribution in [-0.2, 0) is 0 Å². The van der Waals surface area contributed by atoms with Crippen molar-refractivity contribution in [1.29, 1.82) is 0 Å². The zero-order chi connectivity index (χ0) is 17.4. The molecular formula is C18H16FN5O. The standard InChI is InChI=1S/C18H16FN5O/c1-11-7-8-20-15(9-11)21-18(25)16-17(12-5-6-12)24(23-22-16)14-4-2-3-13(19)10-14/h2-4,7-10,12H,5-6H2,1H3,(H,20,21,25). The Hall–Kier alpha value is -3.09. The van der Waals surface area contributed by atoms with Gasteiger partial charge in [0.15, 0.2) is 5.69 Å². The van der Waals surface area contributed by atoms with Crippen LogP contribution < -0.4 is 5.32 Å². The molecule has 1 amide bonds. The van der Waals surface area contributed by atoms with Gasteiger partial charge in [0.2, 0.25) is 0 Å². The fraction of sp³-hybridized carbons (Fsp3) is 0.222. The van der Waals surface area contributed by atoms with E-state index in [9.17, 15) is 9.18 Å². The van der Waals surface area contributed by atoms with Crippen molar-refractivity contribution in [2.45, 2.75) is 25.7 Å². The fourth-order valence-corrected chi connectivity index (χ4v) is 2.75. The van der Waals surface area contributed by atoms with Crippen LogP contribution in [0.2, 0.25) is 0 Å². The highest BCUT2D eigenvalue weighted by Crippen LogP contribution is 2.42. The molecule has 4 rings (SSSR count). The smallest absolute Gasteiger partial charge is 0.279 e. The van der Waals surface area contributed by atoms with E-state index in [1.807, 2.05) is 13.0 Å². The lowest BCUT2D eigenvalue weighted by Gasteiger charge is -2.08. The van der Waals surface area contributed by atoms with Crippen molar-refractivity contribution >= 4 is 11.7 Å². The number of aromatic nitrogens is 4. The average Bonchev–Trinajstić information content (AvgIpc) is 3.32. The summed E-state index contributed by atoms with van der Waals surface area (Å²) < 4.78 is 15.1. The van der Waals surface area contributed by atoms with E-state index >= 15 is 0 Å². The van der Waals surface area contributed by atoms with E-state index in [1.165, 1.54) is 12.1 Å². The molecule has 0 aliphatic heterocycles. The Kier molecular flexibility index (Phi) is 3.76. The molecule has 0 bridgehead atoms. The molecule has 0 saturated heterocycles. The molecule has 1 N–H and O–H groups in total. The molecule has 25 heavy (non-hydrogen) atoms. The van der Waals surface area contributed by atoms with E-state index in [-0.39, 0.29) is 23.3 Å². The van der Waals surface area contributed by atoms with Crippen molar-refractivity contribution in [2.75, 3.05) is 5.32 Å². The van der Waals surface area contributed by atoms with Gasteiger partial charge >= 0.3 is 0 Å². The Morgan fingerprint density at radius 3 is 2.84 bits per heavy atom. The summed E-state index contributed by atoms with van der Waals surface area (Å²) in [5.74, 6) is -0.0381. The van der Waals surface area contributed by atoms with E-state index < -0.39 is 0 Å². The summed E-state index contributed by atoms with van der Waals surface area (Å²) in [7, 11) is 0. The molecule has 0 unspecified atom stereocenters. The lowest BCUT2D eigenvalue weighted by Crippen LogP contribution is -2.16. The van der Waals surface area contributed by atoms with Crippen LogP contribution in [0.1, 0.15) is 40.5 Å². The van der Waals surface area contributed by atoms with E-state index in [1.54, 1.807) is 29.1 Å². The van der Waals surface area contributed by atoms with Crippen LogP contribution in [0.25, 0.3) is 5.69 Å². The van der Waals surface area contributed by atoms with Crippen molar-refractivity contribution in [2.24, 2.45) is 0 Å². The van der Waals surface area contributed by atoms with Crippen LogP contribution in [0.5, 0.6) is 0 Å². The monoisotopic (exact) mass is 337 g/mol. The van der Waals surface area contributed by atoms with Gasteiger partial charge in [-0.25, -0.2) is 14.1 Å². The van der Waals surface area contributed by atoms with Crippen LogP contribution >= 0.6 is 0 Å². The first-order valence-corrected chi connectivity index (χ1v) is 8.07. The van der Waals surface area contributed by atoms with Crippen LogP contribution in [-0.4, -0.2) is 25.9 Å². The largest absolute Gasteiger partial charge is 0.305 e. The molecular weight excluding hydrogens is 321 g/mol. The van der Waals surface area contributed by atoms with Crippen molar-refractivity contribution in [1.82, 2.24) is 20.0 Å². The van der Waals surface area contributed by atoms with Gasteiger partial charge in [0.25, 0.3) is 5.91 Å². The second-order valence-electron chi connectivity index (χ2n) is 6.16. The Morgan fingerprint density at radius 1 is 1.28 bits per heavy atom. The number of carbonyl (C=O) groups is 1. The number of carbonyl (C=O) groups excluding carboxylic acids is 1. The molecule has 0 spiro atoms. The van der Waals surface area contributed by atoms with E-state index in [0.29, 0.717) is 11.5 Å². The number of hydrogen-bond donors (Lipinski definition) is 1. The first kappa shape index (κ1) is 15.4. The third kappa shape index (κ3) is 3.13. The highest BCUT2D eigenvalue weighted by atomic mass is 19.1. The maximum Gasteiger partial charge on any atom is 0.279 e. The van der Waals surface area contributed by atoms with Gasteiger partial charge in [-0.1, -0.05) is 11.3 Å².